The summed E-state index contributed by atoms with van der Waals surface area (Å²) in [5.74, 6) is -0.129. The lowest BCUT2D eigenvalue weighted by molar-refractivity contribution is -0.141. The number of amides is 6. The fraction of sp³-hybridized carbons (Fsp3) is 0.784. The van der Waals surface area contributed by atoms with Crippen molar-refractivity contribution in [2.45, 2.75) is 127 Å². The van der Waals surface area contributed by atoms with Crippen LogP contribution in [0.2, 0.25) is 0 Å². The SMILES string of the molecule is CC[C@H](C)[C@H](NC(=O)[C@H](CCC(C)C)NC(=O)C1(NC(=O)CCSCc2cccc(CSCCC(=O)NC3CCNCC3)n2)CCN(C(=O)CCP(O)CN2CCN(CP(O)CO)CCN(CP(=O)(O)CO)CC2)CC1)C(N)=O. The molecule has 0 aliphatic carbocycles. The zero-order valence-electron chi connectivity index (χ0n) is 46.9. The highest BCUT2D eigenvalue weighted by atomic mass is 32.2. The standard InChI is InChI=1S/C51H92N11O12P3S2/c1-5-39(4)47(48(52)68)57-49(69)43(10-9-38(2)3)56-50(70)51(58-45(66)15-30-79-32-42-8-6-7-41(54-42)31-78-29-14-44(65)55-40-11-18-53-19-12-40)16-20-62(21-17-51)46(67)13-28-75(71)33-59-22-23-60(34-76(72)36-63)25-27-61(26-24-59)35-77(73,74)37-64/h6-8,38-40,43,47,53,63-64,71-72H,5,9-37H2,1-4H3,(H2,52,68)(H,55,65)(H,56,70)(H,57,69)(H,58,66)(H,73,74)/t39-,43-,47-,75?,76?/m0/s1. The van der Waals surface area contributed by atoms with Crippen molar-refractivity contribution in [3.05, 3.63) is 29.6 Å². The van der Waals surface area contributed by atoms with E-state index in [0.717, 1.165) is 37.3 Å². The Kier molecular flexibility index (Phi) is 31.6. The molecule has 3 aliphatic heterocycles. The molecular formula is C51H92N11O12P3S2. The van der Waals surface area contributed by atoms with Gasteiger partial charge in [0.2, 0.25) is 42.8 Å². The predicted molar refractivity (Wildman–Crippen MR) is 314 cm³/mol. The van der Waals surface area contributed by atoms with Gasteiger partial charge in [-0.3, -0.25) is 53.0 Å². The molecule has 4 rings (SSSR count). The van der Waals surface area contributed by atoms with Crippen LogP contribution in [0.25, 0.3) is 0 Å². The van der Waals surface area contributed by atoms with Crippen LogP contribution < -0.4 is 32.3 Å². The maximum absolute atomic E-state index is 14.7. The minimum Gasteiger partial charge on any atom is -0.389 e. The number of aliphatic hydroxyl groups excluding tert-OH is 2. The number of nitrogens with two attached hydrogens (primary N) is 1. The van der Waals surface area contributed by atoms with E-state index in [1.54, 1.807) is 21.6 Å². The third-order valence-electron chi connectivity index (χ3n) is 14.6. The number of nitrogens with one attached hydrogen (secondary N) is 5. The smallest absolute Gasteiger partial charge is 0.246 e. The third-order valence-corrected chi connectivity index (χ3v) is 20.4. The van der Waals surface area contributed by atoms with E-state index < -0.39 is 65.4 Å². The number of rotatable bonds is 33. The molecule has 450 valence electrons. The van der Waals surface area contributed by atoms with E-state index in [0.29, 0.717) is 81.5 Å². The number of piperidine rings is 2. The second-order valence-corrected chi connectivity index (χ2v) is 29.3. The summed E-state index contributed by atoms with van der Waals surface area (Å²) in [6.07, 6.45) is 3.20. The van der Waals surface area contributed by atoms with Crippen LogP contribution in [0.4, 0.5) is 0 Å². The number of aromatic nitrogens is 1. The fourth-order valence-corrected chi connectivity index (χ4v) is 14.3. The molecule has 28 heteroatoms. The van der Waals surface area contributed by atoms with Crippen molar-refractivity contribution in [2.24, 2.45) is 17.6 Å². The second-order valence-electron chi connectivity index (χ2n) is 21.5. The lowest BCUT2D eigenvalue weighted by atomic mass is 9.85. The number of thioether (sulfide) groups is 2. The van der Waals surface area contributed by atoms with Crippen molar-refractivity contribution in [1.29, 1.82) is 0 Å². The van der Waals surface area contributed by atoms with Crippen LogP contribution in [-0.4, -0.2) is 223 Å². The molecule has 79 heavy (non-hydrogen) atoms. The lowest BCUT2D eigenvalue weighted by Gasteiger charge is -2.42. The van der Waals surface area contributed by atoms with Crippen LogP contribution in [-0.2, 0) is 44.8 Å². The van der Waals surface area contributed by atoms with Crippen LogP contribution in [0.15, 0.2) is 18.2 Å². The molecule has 1 aromatic rings. The molecule has 0 bridgehead atoms. The van der Waals surface area contributed by atoms with Crippen molar-refractivity contribution < 1.29 is 58.2 Å². The number of hydrogen-bond donors (Lipinski definition) is 11. The Morgan fingerprint density at radius 1 is 0.823 bits per heavy atom. The summed E-state index contributed by atoms with van der Waals surface area (Å²) in [6, 6.07) is 4.06. The van der Waals surface area contributed by atoms with E-state index in [2.05, 4.69) is 26.6 Å². The summed E-state index contributed by atoms with van der Waals surface area (Å²) in [5, 5.41) is 34.2. The highest BCUT2D eigenvalue weighted by molar-refractivity contribution is 7.98. The van der Waals surface area contributed by atoms with Gasteiger partial charge in [0.05, 0.1) is 32.2 Å². The van der Waals surface area contributed by atoms with Gasteiger partial charge in [0.15, 0.2) is 0 Å². The monoisotopic (exact) mass is 1210 g/mol. The van der Waals surface area contributed by atoms with Gasteiger partial charge in [0.25, 0.3) is 0 Å². The summed E-state index contributed by atoms with van der Waals surface area (Å²) in [5.41, 5.74) is 5.98. The molecule has 23 nitrogen and oxygen atoms in total. The van der Waals surface area contributed by atoms with Gasteiger partial charge in [0.1, 0.15) is 24.0 Å². The van der Waals surface area contributed by atoms with Crippen LogP contribution in [0.1, 0.15) is 103 Å². The number of hydrogen-bond acceptors (Lipinski definition) is 18. The first-order chi connectivity index (χ1) is 37.6. The number of carbonyl (C=O) groups excluding carboxylic acids is 6. The third kappa shape index (κ3) is 25.8. The van der Waals surface area contributed by atoms with Gasteiger partial charge in [-0.2, -0.15) is 23.5 Å². The molecule has 0 spiro atoms. The first kappa shape index (κ1) is 68.9. The van der Waals surface area contributed by atoms with E-state index >= 15 is 0 Å². The minimum absolute atomic E-state index is 0.0231. The molecule has 3 saturated heterocycles. The van der Waals surface area contributed by atoms with Gasteiger partial charge in [-0.05, 0) is 75.6 Å². The quantitative estimate of drug-likeness (QED) is 0.0353. The van der Waals surface area contributed by atoms with Gasteiger partial charge >= 0.3 is 0 Å². The zero-order chi connectivity index (χ0) is 58.0. The molecule has 3 fully saturated rings. The van der Waals surface area contributed by atoms with Crippen molar-refractivity contribution >= 4 is 82.6 Å². The number of nitrogens with zero attached hydrogens (tertiary/aromatic N) is 5. The van der Waals surface area contributed by atoms with E-state index in [9.17, 15) is 58.2 Å². The van der Waals surface area contributed by atoms with Crippen molar-refractivity contribution in [3.63, 3.8) is 0 Å². The first-order valence-corrected chi connectivity index (χ1v) is 35.5. The van der Waals surface area contributed by atoms with Crippen molar-refractivity contribution in [2.75, 3.05) is 115 Å². The molecule has 6 amide bonds. The summed E-state index contributed by atoms with van der Waals surface area (Å²) in [4.78, 5) is 125. The molecule has 12 N–H and O–H groups in total. The maximum atomic E-state index is 14.7. The molecule has 3 aliphatic rings. The molecule has 1 aromatic heterocycles. The van der Waals surface area contributed by atoms with Crippen LogP contribution in [0.5, 0.6) is 0 Å². The Bertz CT molecular complexity index is 2120. The summed E-state index contributed by atoms with van der Waals surface area (Å²) in [7, 11) is -7.14. The van der Waals surface area contributed by atoms with Crippen LogP contribution in [0, 0.1) is 11.8 Å². The number of likely N-dealkylation sites (tertiary alicyclic amines) is 1. The first-order valence-electron chi connectivity index (χ1n) is 27.8. The molecule has 6 atom stereocenters. The summed E-state index contributed by atoms with van der Waals surface area (Å²) >= 11 is 3.18. The van der Waals surface area contributed by atoms with Gasteiger partial charge < -0.3 is 62.1 Å². The number of pyridine rings is 1. The summed E-state index contributed by atoms with van der Waals surface area (Å²) in [6.45, 7) is 12.4. The average molecular weight is 1210 g/mol. The lowest BCUT2D eigenvalue weighted by Crippen LogP contribution is -2.66. The number of carbonyl (C=O) groups is 6. The van der Waals surface area contributed by atoms with Crippen molar-refractivity contribution in [3.8, 4) is 0 Å². The number of primary amides is 1. The van der Waals surface area contributed by atoms with Crippen LogP contribution in [0.3, 0.4) is 0 Å². The fourth-order valence-electron chi connectivity index (χ4n) is 9.49. The highest BCUT2D eigenvalue weighted by Gasteiger charge is 2.45. The van der Waals surface area contributed by atoms with E-state index in [-0.39, 0.29) is 112 Å². The molecule has 0 saturated carbocycles. The van der Waals surface area contributed by atoms with Gasteiger partial charge in [0, 0.05) is 128 Å². The molecule has 0 aromatic carbocycles. The van der Waals surface area contributed by atoms with E-state index in [4.69, 9.17) is 10.7 Å². The van der Waals surface area contributed by atoms with E-state index in [1.165, 1.54) is 11.8 Å². The van der Waals surface area contributed by atoms with E-state index in [1.807, 2.05) is 55.7 Å². The topological polar surface area (TPSA) is 333 Å². The highest BCUT2D eigenvalue weighted by Crippen LogP contribution is 2.40. The Balaban J connectivity index is 1.38. The maximum Gasteiger partial charge on any atom is 0.246 e. The normalized spacial score (nSPS) is 19.8. The van der Waals surface area contributed by atoms with Gasteiger partial charge in [-0.15, -0.1) is 0 Å². The Labute approximate surface area is 478 Å². The largest absolute Gasteiger partial charge is 0.389 e. The Morgan fingerprint density at radius 2 is 1.39 bits per heavy atom. The van der Waals surface area contributed by atoms with Gasteiger partial charge in [-0.25, -0.2) is 0 Å². The zero-order valence-corrected chi connectivity index (χ0v) is 51.2. The minimum atomic E-state index is -3.81. The number of aliphatic hydroxyl groups is 2. The van der Waals surface area contributed by atoms with Crippen LogP contribution >= 0.6 is 47.2 Å². The molecule has 4 heterocycles. The van der Waals surface area contributed by atoms with Crippen molar-refractivity contribution in [1.82, 2.24) is 51.2 Å². The second kappa shape index (κ2) is 36.2. The Hall–Kier alpha value is -2.60. The summed E-state index contributed by atoms with van der Waals surface area (Å²) < 4.78 is 12.5. The molecule has 0 radical (unpaired) electrons. The average Bonchev–Trinajstić information content (AvgIpc) is 3.51. The Morgan fingerprint density at radius 3 is 1.94 bits per heavy atom. The molecular weight excluding hydrogens is 1120 g/mol. The van der Waals surface area contributed by atoms with Gasteiger partial charge in [-0.1, -0.05) is 40.2 Å². The molecule has 3 unspecified atom stereocenters. The predicted octanol–water partition coefficient (Wildman–Crippen LogP) is 1.74.